The Balaban J connectivity index is 0.00000420. The first-order valence-corrected chi connectivity index (χ1v) is 13.9. The number of nitrogens with one attached hydrogen (secondary N) is 1. The summed E-state index contributed by atoms with van der Waals surface area (Å²) in [5, 5.41) is 29.2. The molecule has 4 rings (SSSR count). The van der Waals surface area contributed by atoms with Crippen LogP contribution in [-0.2, 0) is 20.2 Å². The molecule has 39 heavy (non-hydrogen) atoms. The van der Waals surface area contributed by atoms with E-state index in [1.54, 1.807) is 24.3 Å². The Hall–Kier alpha value is -2.92. The first-order valence-electron chi connectivity index (χ1n) is 9.90. The quantitative estimate of drug-likeness (QED) is 0.0949. The maximum absolute atomic E-state index is 12.1. The normalized spacial score (nSPS) is 13.4. The summed E-state index contributed by atoms with van der Waals surface area (Å²) in [5.41, 5.74) is 1.17. The van der Waals surface area contributed by atoms with Crippen molar-refractivity contribution >= 4 is 71.4 Å². The van der Waals surface area contributed by atoms with Crippen LogP contribution in [0, 0.1) is 23.8 Å². The van der Waals surface area contributed by atoms with Crippen LogP contribution < -0.4 is 45.2 Å². The monoisotopic (exact) mass is 699 g/mol. The molecule has 3 aromatic carbocycles. The Labute approximate surface area is 255 Å². The van der Waals surface area contributed by atoms with Crippen molar-refractivity contribution in [3.8, 4) is 0 Å². The van der Waals surface area contributed by atoms with Gasteiger partial charge in [0.25, 0.3) is 25.9 Å². The average Bonchev–Trinajstić information content (AvgIpc) is 3.27. The third-order valence-corrected chi connectivity index (χ3v) is 7.50. The predicted octanol–water partition coefficient (Wildman–Crippen LogP) is -0.287. The van der Waals surface area contributed by atoms with Crippen LogP contribution >= 0.6 is 22.6 Å². The molecule has 3 N–H and O–H groups in total. The number of hydrazone groups is 1. The number of nitrogens with zero attached hydrogens (tertiary/aromatic N) is 5. The van der Waals surface area contributed by atoms with E-state index >= 15 is 0 Å². The van der Waals surface area contributed by atoms with E-state index in [0.29, 0.717) is 11.8 Å². The molecule has 16 nitrogen and oxygen atoms in total. The average molecular weight is 699 g/mol. The largest absolute Gasteiger partial charge is 1.00 e. The van der Waals surface area contributed by atoms with E-state index in [1.165, 1.54) is 0 Å². The Kier molecular flexibility index (Phi) is 8.86. The molecule has 0 radical (unpaired) electrons. The van der Waals surface area contributed by atoms with Crippen LogP contribution in [0.4, 0.5) is 22.7 Å². The van der Waals surface area contributed by atoms with E-state index in [0.717, 1.165) is 44.1 Å². The molecule has 0 spiro atoms. The number of nitro groups is 2. The van der Waals surface area contributed by atoms with Crippen molar-refractivity contribution in [3.05, 3.63) is 90.0 Å². The summed E-state index contributed by atoms with van der Waals surface area (Å²) < 4.78 is 67.1. The van der Waals surface area contributed by atoms with Crippen LogP contribution in [0.2, 0.25) is 0 Å². The van der Waals surface area contributed by atoms with Gasteiger partial charge in [0.15, 0.2) is 11.5 Å². The summed E-state index contributed by atoms with van der Waals surface area (Å²) in [6, 6.07) is 11.6. The predicted molar refractivity (Wildman–Crippen MR) is 140 cm³/mol. The molecule has 0 aliphatic carbocycles. The van der Waals surface area contributed by atoms with Gasteiger partial charge in [-0.3, -0.25) is 34.8 Å². The number of hydrazine groups is 2. The molecule has 0 bridgehead atoms. The molecule has 0 unspecified atom stereocenters. The molecule has 0 saturated carbocycles. The summed E-state index contributed by atoms with van der Waals surface area (Å²) in [7, 11) is -9.93. The van der Waals surface area contributed by atoms with Crippen LogP contribution in [0.25, 0.3) is 0 Å². The van der Waals surface area contributed by atoms with Crippen LogP contribution in [0.15, 0.2) is 75.6 Å². The number of anilines is 2. The minimum absolute atomic E-state index is 0. The third kappa shape index (κ3) is 6.46. The van der Waals surface area contributed by atoms with Gasteiger partial charge in [-0.25, -0.2) is 0 Å². The summed E-state index contributed by atoms with van der Waals surface area (Å²) in [5.74, 6) is -0.314. The first-order chi connectivity index (χ1) is 17.7. The molecular formula is C19H13IN6NaO10S2+. The molecule has 20 heteroatoms. The van der Waals surface area contributed by atoms with Gasteiger partial charge in [0.05, 0.1) is 26.5 Å². The van der Waals surface area contributed by atoms with Crippen molar-refractivity contribution in [2.24, 2.45) is 5.10 Å². The van der Waals surface area contributed by atoms with E-state index in [4.69, 9.17) is 0 Å². The summed E-state index contributed by atoms with van der Waals surface area (Å²) in [6.07, 6.45) is 0. The molecule has 1 aliphatic heterocycles. The molecule has 0 fully saturated rings. The zero-order valence-corrected chi connectivity index (χ0v) is 25.2. The Bertz CT molecular complexity index is 1740. The zero-order chi connectivity index (χ0) is 28.0. The first kappa shape index (κ1) is 30.6. The van der Waals surface area contributed by atoms with Crippen LogP contribution in [0.1, 0.15) is 5.56 Å². The van der Waals surface area contributed by atoms with Gasteiger partial charge in [-0.1, -0.05) is 0 Å². The fraction of sp³-hybridized carbons (Fsp3) is 0. The van der Waals surface area contributed by atoms with Crippen LogP contribution in [-0.4, -0.2) is 41.6 Å². The number of benzene rings is 3. The number of amidine groups is 1. The fourth-order valence-electron chi connectivity index (χ4n) is 3.35. The van der Waals surface area contributed by atoms with Crippen molar-refractivity contribution < 1.29 is 65.3 Å². The second kappa shape index (κ2) is 11.3. The minimum atomic E-state index is -5.08. The molecule has 0 aromatic heterocycles. The van der Waals surface area contributed by atoms with E-state index in [-0.39, 0.29) is 46.6 Å². The van der Waals surface area contributed by atoms with Gasteiger partial charge >= 0.3 is 35.2 Å². The van der Waals surface area contributed by atoms with E-state index in [2.05, 4.69) is 10.5 Å². The van der Waals surface area contributed by atoms with Crippen molar-refractivity contribution in [1.82, 2.24) is 5.43 Å². The summed E-state index contributed by atoms with van der Waals surface area (Å²) in [4.78, 5) is 19.5. The number of hydrogen-bond donors (Lipinski definition) is 3. The standard InChI is InChI=1S/C19H13IN6O10S2.Na/c20-11-1-3-12(4-2-11)23-21-19(15-7-6-14(37(31,32)33)10-18(15)38(34,35)36)22-24(23)16-8-5-13(25(27)28)9-17(16)26(29)30;/h1-10H,(H,21,22)(H,31,32,33)(H,34,35,36);/q;+1. The number of hydrogen-bond acceptors (Lipinski definition) is 12. The Morgan fingerprint density at radius 2 is 1.51 bits per heavy atom. The van der Waals surface area contributed by atoms with E-state index in [9.17, 15) is 46.2 Å². The molecule has 3 aromatic rings. The Morgan fingerprint density at radius 1 is 0.872 bits per heavy atom. The molecule has 0 amide bonds. The third-order valence-electron chi connectivity index (χ3n) is 5.03. The van der Waals surface area contributed by atoms with Gasteiger partial charge < -0.3 is 0 Å². The topological polar surface area (TPSA) is 226 Å². The maximum Gasteiger partial charge on any atom is 1.00 e. The molecule has 1 heterocycles. The molecule has 0 atom stereocenters. The Morgan fingerprint density at radius 3 is 2.05 bits per heavy atom. The van der Waals surface area contributed by atoms with Crippen molar-refractivity contribution in [3.63, 3.8) is 0 Å². The number of halogens is 1. The van der Waals surface area contributed by atoms with E-state index < -0.39 is 51.2 Å². The fourth-order valence-corrected chi connectivity index (χ4v) is 5.01. The SMILES string of the molecule is O=[N+]([O-])c1ccc(N2N=C(c3ccc(S(=O)(=O)O)cc3S(=O)(=O)O)NN2c2ccc(I)cc2)c([N+](=O)[O-])c1.[Na+]. The van der Waals surface area contributed by atoms with E-state index in [1.807, 2.05) is 22.6 Å². The zero-order valence-electron chi connectivity index (χ0n) is 19.4. The second-order valence-electron chi connectivity index (χ2n) is 7.43. The van der Waals surface area contributed by atoms with Crippen molar-refractivity contribution in [2.75, 3.05) is 10.2 Å². The summed E-state index contributed by atoms with van der Waals surface area (Å²) >= 11 is 2.04. The molecular weight excluding hydrogens is 686 g/mol. The number of rotatable bonds is 7. The molecule has 1 aliphatic rings. The van der Waals surface area contributed by atoms with Crippen LogP contribution in [0.5, 0.6) is 0 Å². The maximum atomic E-state index is 12.1. The molecule has 0 saturated heterocycles. The van der Waals surface area contributed by atoms with Gasteiger partial charge in [0.1, 0.15) is 4.90 Å². The van der Waals surface area contributed by atoms with Gasteiger partial charge in [-0.2, -0.15) is 22.0 Å². The van der Waals surface area contributed by atoms with Gasteiger partial charge in [-0.05, 0) is 71.1 Å². The smallest absolute Gasteiger partial charge is 0.282 e. The minimum Gasteiger partial charge on any atom is -0.282 e. The summed E-state index contributed by atoms with van der Waals surface area (Å²) in [6.45, 7) is 0. The second-order valence-corrected chi connectivity index (χ2v) is 11.5. The number of nitro benzene ring substituents is 2. The van der Waals surface area contributed by atoms with Gasteiger partial charge in [-0.15, -0.1) is 10.2 Å². The van der Waals surface area contributed by atoms with Crippen molar-refractivity contribution in [2.45, 2.75) is 9.79 Å². The van der Waals surface area contributed by atoms with Crippen LogP contribution in [0.3, 0.4) is 0 Å². The van der Waals surface area contributed by atoms with Gasteiger partial charge in [0.2, 0.25) is 0 Å². The van der Waals surface area contributed by atoms with Crippen molar-refractivity contribution in [1.29, 1.82) is 0 Å². The molecule has 198 valence electrons. The number of non-ortho nitro benzene ring substituents is 1. The van der Waals surface area contributed by atoms with Gasteiger partial charge in [0, 0.05) is 15.2 Å².